The van der Waals surface area contributed by atoms with Gasteiger partial charge < -0.3 is 9.52 Å². The number of aromatic nitrogens is 1. The van der Waals surface area contributed by atoms with Crippen LogP contribution in [0.5, 0.6) is 0 Å². The van der Waals surface area contributed by atoms with Gasteiger partial charge >= 0.3 is 0 Å². The van der Waals surface area contributed by atoms with Crippen LogP contribution in [0.25, 0.3) is 17.2 Å². The summed E-state index contributed by atoms with van der Waals surface area (Å²) in [6.45, 7) is 3.57. The highest BCUT2D eigenvalue weighted by molar-refractivity contribution is 9.10. The number of halogens is 1. The fraction of sp³-hybridized carbons (Fsp3) is 0.182. The number of hydrogen-bond donors (Lipinski definition) is 1. The first kappa shape index (κ1) is 10.2. The van der Waals surface area contributed by atoms with Crippen LogP contribution in [-0.4, -0.2) is 10.1 Å². The van der Waals surface area contributed by atoms with E-state index in [0.29, 0.717) is 11.5 Å². The van der Waals surface area contributed by atoms with E-state index in [-0.39, 0.29) is 5.76 Å². The molecule has 0 aliphatic carbocycles. The minimum absolute atomic E-state index is 0.175. The first-order valence-corrected chi connectivity index (χ1v) is 5.29. The van der Waals surface area contributed by atoms with Gasteiger partial charge in [0, 0.05) is 6.08 Å². The van der Waals surface area contributed by atoms with Crippen molar-refractivity contribution in [2.45, 2.75) is 13.8 Å². The number of nitrogens with zero attached hydrogens (tertiary/aromatic N) is 1. The molecular formula is C11H10BrNO2. The Hall–Kier alpha value is -1.29. The summed E-state index contributed by atoms with van der Waals surface area (Å²) in [5.41, 5.74) is 2.60. The van der Waals surface area contributed by atoms with E-state index in [9.17, 15) is 0 Å². The number of oxazole rings is 1. The molecule has 78 valence electrons. The van der Waals surface area contributed by atoms with E-state index in [0.717, 1.165) is 15.6 Å². The maximum absolute atomic E-state index is 9.10. The van der Waals surface area contributed by atoms with Crippen molar-refractivity contribution in [3.63, 3.8) is 0 Å². The van der Waals surface area contributed by atoms with Gasteiger partial charge in [-0.15, -0.1) is 0 Å². The molecule has 3 nitrogen and oxygen atoms in total. The van der Waals surface area contributed by atoms with Crippen molar-refractivity contribution in [3.05, 3.63) is 33.8 Å². The van der Waals surface area contributed by atoms with Gasteiger partial charge in [-0.2, -0.15) is 0 Å². The maximum atomic E-state index is 9.10. The number of allylic oxidation sites excluding steroid dienone is 1. The Kier molecular flexibility index (Phi) is 2.52. The third kappa shape index (κ3) is 2.04. The maximum Gasteiger partial charge on any atom is 0.223 e. The van der Waals surface area contributed by atoms with Crippen molar-refractivity contribution in [1.82, 2.24) is 4.98 Å². The zero-order valence-corrected chi connectivity index (χ0v) is 10.00. The Balaban J connectivity index is 2.65. The Morgan fingerprint density at radius 3 is 2.93 bits per heavy atom. The molecule has 2 rings (SSSR count). The second-order valence-corrected chi connectivity index (χ2v) is 4.29. The summed E-state index contributed by atoms with van der Waals surface area (Å²) in [4.78, 5) is 4.24. The highest BCUT2D eigenvalue weighted by atomic mass is 79.9. The van der Waals surface area contributed by atoms with E-state index in [2.05, 4.69) is 20.9 Å². The van der Waals surface area contributed by atoms with Crippen LogP contribution in [0.3, 0.4) is 0 Å². The number of benzene rings is 1. The third-order valence-corrected chi connectivity index (χ3v) is 2.53. The Morgan fingerprint density at radius 1 is 1.53 bits per heavy atom. The molecule has 0 aliphatic rings. The summed E-state index contributed by atoms with van der Waals surface area (Å²) in [5.74, 6) is 0.589. The predicted octanol–water partition coefficient (Wildman–Crippen LogP) is 3.82. The van der Waals surface area contributed by atoms with Crippen LogP contribution in [0, 0.1) is 6.92 Å². The molecule has 0 spiro atoms. The van der Waals surface area contributed by atoms with Crippen LogP contribution in [-0.2, 0) is 0 Å². The molecule has 0 unspecified atom stereocenters. The van der Waals surface area contributed by atoms with Gasteiger partial charge in [0.15, 0.2) is 5.58 Å². The van der Waals surface area contributed by atoms with Gasteiger partial charge in [-0.1, -0.05) is 0 Å². The fourth-order valence-corrected chi connectivity index (χ4v) is 2.03. The fourth-order valence-electron chi connectivity index (χ4n) is 1.38. The van der Waals surface area contributed by atoms with Gasteiger partial charge in [-0.05, 0) is 47.5 Å². The molecule has 0 fully saturated rings. The number of aliphatic hydroxyl groups is 1. The number of fused-ring (bicyclic) bond motifs is 1. The molecule has 0 amide bonds. The summed E-state index contributed by atoms with van der Waals surface area (Å²) in [6, 6.07) is 3.90. The number of hydrogen-bond acceptors (Lipinski definition) is 3. The van der Waals surface area contributed by atoms with E-state index in [4.69, 9.17) is 9.52 Å². The molecule has 15 heavy (non-hydrogen) atoms. The first-order valence-electron chi connectivity index (χ1n) is 4.50. The molecule has 0 radical (unpaired) electrons. The van der Waals surface area contributed by atoms with Crippen LogP contribution in [0.4, 0.5) is 0 Å². The topological polar surface area (TPSA) is 46.3 Å². The van der Waals surface area contributed by atoms with Crippen molar-refractivity contribution >= 4 is 33.1 Å². The average molecular weight is 268 g/mol. The van der Waals surface area contributed by atoms with Crippen LogP contribution in [0.1, 0.15) is 18.4 Å². The van der Waals surface area contributed by atoms with Gasteiger partial charge in [-0.25, -0.2) is 4.98 Å². The standard InChI is InChI=1S/C11H10BrNO2/c1-6-3-8(12)11-9(4-6)13-10(15-11)5-7(2)14/h3-5,14H,1-2H3/b7-5-. The lowest BCUT2D eigenvalue weighted by Crippen LogP contribution is -1.75. The molecule has 0 saturated carbocycles. The van der Waals surface area contributed by atoms with Crippen molar-refractivity contribution in [2.75, 3.05) is 0 Å². The Labute approximate surface area is 95.6 Å². The highest BCUT2D eigenvalue weighted by Gasteiger charge is 2.08. The first-order chi connectivity index (χ1) is 7.06. The molecular weight excluding hydrogens is 258 g/mol. The zero-order valence-electron chi connectivity index (χ0n) is 8.41. The van der Waals surface area contributed by atoms with E-state index in [1.165, 1.54) is 6.08 Å². The summed E-state index contributed by atoms with van der Waals surface area (Å²) in [7, 11) is 0. The highest BCUT2D eigenvalue weighted by Crippen LogP contribution is 2.26. The smallest absolute Gasteiger partial charge is 0.223 e. The normalized spacial score (nSPS) is 12.3. The summed E-state index contributed by atoms with van der Waals surface area (Å²) in [6.07, 6.45) is 1.49. The van der Waals surface area contributed by atoms with Crippen molar-refractivity contribution in [2.24, 2.45) is 0 Å². The second-order valence-electron chi connectivity index (χ2n) is 3.43. The van der Waals surface area contributed by atoms with Gasteiger partial charge in [0.05, 0.1) is 10.2 Å². The van der Waals surface area contributed by atoms with Gasteiger partial charge in [0.25, 0.3) is 0 Å². The molecule has 1 heterocycles. The minimum Gasteiger partial charge on any atom is -0.512 e. The molecule has 1 aromatic carbocycles. The Morgan fingerprint density at radius 2 is 2.27 bits per heavy atom. The zero-order chi connectivity index (χ0) is 11.0. The molecule has 1 N–H and O–H groups in total. The number of aliphatic hydroxyl groups excluding tert-OH is 1. The lowest BCUT2D eigenvalue weighted by molar-refractivity contribution is 0.417. The quantitative estimate of drug-likeness (QED) is 0.800. The van der Waals surface area contributed by atoms with E-state index >= 15 is 0 Å². The molecule has 4 heteroatoms. The molecule has 2 aromatic rings. The summed E-state index contributed by atoms with van der Waals surface area (Å²) >= 11 is 3.41. The van der Waals surface area contributed by atoms with Gasteiger partial charge in [0.1, 0.15) is 5.52 Å². The number of rotatable bonds is 1. The van der Waals surface area contributed by atoms with Crippen LogP contribution in [0.2, 0.25) is 0 Å². The average Bonchev–Trinajstić information content (AvgIpc) is 2.45. The Bertz CT molecular complexity index is 539. The third-order valence-electron chi connectivity index (χ3n) is 1.94. The second kappa shape index (κ2) is 3.70. The molecule has 0 saturated heterocycles. The van der Waals surface area contributed by atoms with Crippen LogP contribution in [0.15, 0.2) is 26.8 Å². The molecule has 0 atom stereocenters. The SMILES string of the molecule is C/C(O)=C/c1nc2cc(C)cc(Br)c2o1. The van der Waals surface area contributed by atoms with E-state index in [1.54, 1.807) is 6.92 Å². The molecule has 1 aromatic heterocycles. The summed E-state index contributed by atoms with van der Waals surface area (Å²) in [5, 5.41) is 9.10. The van der Waals surface area contributed by atoms with Crippen molar-refractivity contribution in [1.29, 1.82) is 0 Å². The van der Waals surface area contributed by atoms with Gasteiger partial charge in [0.2, 0.25) is 5.89 Å². The van der Waals surface area contributed by atoms with E-state index < -0.39 is 0 Å². The van der Waals surface area contributed by atoms with E-state index in [1.807, 2.05) is 19.1 Å². The van der Waals surface area contributed by atoms with Crippen LogP contribution < -0.4 is 0 Å². The van der Waals surface area contributed by atoms with Gasteiger partial charge in [-0.3, -0.25) is 0 Å². The van der Waals surface area contributed by atoms with Crippen LogP contribution >= 0.6 is 15.9 Å². The lowest BCUT2D eigenvalue weighted by atomic mass is 10.2. The monoisotopic (exact) mass is 267 g/mol. The van der Waals surface area contributed by atoms with Crippen molar-refractivity contribution < 1.29 is 9.52 Å². The lowest BCUT2D eigenvalue weighted by Gasteiger charge is -1.93. The van der Waals surface area contributed by atoms with Crippen molar-refractivity contribution in [3.8, 4) is 0 Å². The molecule has 0 bridgehead atoms. The minimum atomic E-state index is 0.175. The summed E-state index contributed by atoms with van der Waals surface area (Å²) < 4.78 is 6.35. The number of aryl methyl sites for hydroxylation is 1. The largest absolute Gasteiger partial charge is 0.512 e. The molecule has 0 aliphatic heterocycles. The predicted molar refractivity (Wildman–Crippen MR) is 62.7 cm³/mol.